The maximum absolute atomic E-state index is 12.9. The number of fused-ring (bicyclic) bond motifs is 1. The molecule has 0 bridgehead atoms. The van der Waals surface area contributed by atoms with E-state index in [9.17, 15) is 4.79 Å². The molecule has 6 heteroatoms. The first-order chi connectivity index (χ1) is 12.1. The molecular weight excluding hydrogens is 314 g/mol. The Kier molecular flexibility index (Phi) is 3.80. The van der Waals surface area contributed by atoms with Crippen LogP contribution in [0.1, 0.15) is 40.8 Å². The van der Waals surface area contributed by atoms with Gasteiger partial charge in [-0.1, -0.05) is 18.2 Å². The van der Waals surface area contributed by atoms with E-state index in [1.165, 1.54) is 0 Å². The van der Waals surface area contributed by atoms with Gasteiger partial charge in [-0.3, -0.25) is 4.79 Å². The Hall–Kier alpha value is -3.02. The average molecular weight is 333 g/mol. The molecule has 1 aliphatic heterocycles. The van der Waals surface area contributed by atoms with Crippen molar-refractivity contribution >= 4 is 22.8 Å². The summed E-state index contributed by atoms with van der Waals surface area (Å²) in [6.45, 7) is 2.54. The third-order valence-electron chi connectivity index (χ3n) is 4.60. The largest absolute Gasteiger partial charge is 0.383 e. The molecule has 1 saturated heterocycles. The lowest BCUT2D eigenvalue weighted by Crippen LogP contribution is -2.31. The lowest BCUT2D eigenvalue weighted by Gasteiger charge is -2.24. The summed E-state index contributed by atoms with van der Waals surface area (Å²) < 4.78 is 0. The monoisotopic (exact) mass is 333 g/mol. The molecule has 1 unspecified atom stereocenters. The molecule has 25 heavy (non-hydrogen) atoms. The highest BCUT2D eigenvalue weighted by Gasteiger charge is 2.31. The summed E-state index contributed by atoms with van der Waals surface area (Å²) in [6.07, 6.45) is 1.87. The summed E-state index contributed by atoms with van der Waals surface area (Å²) in [7, 11) is 0. The second kappa shape index (κ2) is 6.12. The Bertz CT molecular complexity index is 941. The van der Waals surface area contributed by atoms with E-state index in [-0.39, 0.29) is 11.9 Å². The quantitative estimate of drug-likeness (QED) is 0.779. The number of hydrogen-bond donors (Lipinski definition) is 1. The van der Waals surface area contributed by atoms with Gasteiger partial charge in [0.2, 0.25) is 0 Å². The molecule has 126 valence electrons. The fourth-order valence-corrected chi connectivity index (χ4v) is 3.41. The minimum Gasteiger partial charge on any atom is -0.383 e. The number of aryl methyl sites for hydroxylation is 1. The zero-order chi connectivity index (χ0) is 17.4. The lowest BCUT2D eigenvalue weighted by atomic mass is 10.1. The van der Waals surface area contributed by atoms with Crippen LogP contribution in [0.2, 0.25) is 0 Å². The summed E-state index contributed by atoms with van der Waals surface area (Å²) in [4.78, 5) is 28.0. The van der Waals surface area contributed by atoms with Crippen molar-refractivity contribution in [2.24, 2.45) is 0 Å². The normalized spacial score (nSPS) is 17.2. The minimum atomic E-state index is -0.0337. The highest BCUT2D eigenvalue weighted by atomic mass is 16.2. The molecule has 1 fully saturated rings. The number of aromatic nitrogens is 3. The summed E-state index contributed by atoms with van der Waals surface area (Å²) >= 11 is 0. The van der Waals surface area contributed by atoms with Crippen LogP contribution < -0.4 is 5.73 Å². The molecule has 1 aromatic carbocycles. The van der Waals surface area contributed by atoms with E-state index in [0.717, 1.165) is 30.5 Å². The first-order valence-electron chi connectivity index (χ1n) is 8.40. The zero-order valence-corrected chi connectivity index (χ0v) is 14.0. The van der Waals surface area contributed by atoms with Gasteiger partial charge in [-0.05, 0) is 44.0 Å². The van der Waals surface area contributed by atoms with E-state index in [2.05, 4.69) is 15.0 Å². The van der Waals surface area contributed by atoms with Gasteiger partial charge in [0.1, 0.15) is 11.6 Å². The van der Waals surface area contributed by atoms with Gasteiger partial charge >= 0.3 is 0 Å². The SMILES string of the molecule is Cc1nc(N)c2ccc(C3CCCN3C(=O)c3ccccc3)nc2n1. The van der Waals surface area contributed by atoms with Crippen molar-refractivity contribution in [3.63, 3.8) is 0 Å². The molecule has 0 radical (unpaired) electrons. The van der Waals surface area contributed by atoms with Crippen LogP contribution in [0.15, 0.2) is 42.5 Å². The summed E-state index contributed by atoms with van der Waals surface area (Å²) in [5.74, 6) is 1.08. The number of rotatable bonds is 2. The maximum Gasteiger partial charge on any atom is 0.254 e. The van der Waals surface area contributed by atoms with Gasteiger partial charge in [0.05, 0.1) is 17.1 Å². The summed E-state index contributed by atoms with van der Waals surface area (Å²) in [5.41, 5.74) is 8.10. The van der Waals surface area contributed by atoms with Gasteiger partial charge in [0, 0.05) is 12.1 Å². The topological polar surface area (TPSA) is 85.0 Å². The highest BCUT2D eigenvalue weighted by molar-refractivity contribution is 5.94. The fraction of sp³-hybridized carbons (Fsp3) is 0.263. The number of nitrogen functional groups attached to an aromatic ring is 1. The van der Waals surface area contributed by atoms with Gasteiger partial charge in [0.25, 0.3) is 5.91 Å². The molecule has 6 nitrogen and oxygen atoms in total. The lowest BCUT2D eigenvalue weighted by molar-refractivity contribution is 0.0733. The van der Waals surface area contributed by atoms with Crippen molar-refractivity contribution in [2.75, 3.05) is 12.3 Å². The van der Waals surface area contributed by atoms with Gasteiger partial charge in [-0.15, -0.1) is 0 Å². The molecule has 3 aromatic rings. The molecule has 1 atom stereocenters. The molecule has 1 aliphatic rings. The smallest absolute Gasteiger partial charge is 0.254 e. The van der Waals surface area contributed by atoms with Crippen molar-refractivity contribution < 1.29 is 4.79 Å². The van der Waals surface area contributed by atoms with E-state index in [1.54, 1.807) is 6.92 Å². The van der Waals surface area contributed by atoms with Crippen LogP contribution in [0, 0.1) is 6.92 Å². The number of carbonyl (C=O) groups excluding carboxylic acids is 1. The van der Waals surface area contributed by atoms with Crippen molar-refractivity contribution in [3.8, 4) is 0 Å². The molecule has 0 saturated carbocycles. The average Bonchev–Trinajstić information content (AvgIpc) is 3.11. The Balaban J connectivity index is 1.71. The number of hydrogen-bond acceptors (Lipinski definition) is 5. The van der Waals surface area contributed by atoms with Crippen LogP contribution in [-0.2, 0) is 0 Å². The number of nitrogens with two attached hydrogens (primary N) is 1. The predicted octanol–water partition coefficient (Wildman–Crippen LogP) is 2.89. The van der Waals surface area contributed by atoms with Crippen LogP contribution in [-0.4, -0.2) is 32.3 Å². The van der Waals surface area contributed by atoms with Crippen LogP contribution in [0.4, 0.5) is 5.82 Å². The molecule has 0 aliphatic carbocycles. The number of nitrogens with zero attached hydrogens (tertiary/aromatic N) is 4. The van der Waals surface area contributed by atoms with E-state index in [0.29, 0.717) is 22.9 Å². The predicted molar refractivity (Wildman–Crippen MR) is 95.9 cm³/mol. The van der Waals surface area contributed by atoms with E-state index in [1.807, 2.05) is 47.4 Å². The van der Waals surface area contributed by atoms with Gasteiger partial charge < -0.3 is 10.6 Å². The standard InChI is InChI=1S/C19H19N5O/c1-12-21-17(20)14-9-10-15(23-18(14)22-12)16-8-5-11-24(16)19(25)13-6-3-2-4-7-13/h2-4,6-7,9-10,16H,5,8,11H2,1H3,(H2,20,21,22,23). The number of anilines is 1. The summed E-state index contributed by atoms with van der Waals surface area (Å²) in [5, 5.41) is 0.744. The Morgan fingerprint density at radius 1 is 1.12 bits per heavy atom. The number of benzene rings is 1. The van der Waals surface area contributed by atoms with Crippen molar-refractivity contribution in [1.82, 2.24) is 19.9 Å². The van der Waals surface area contributed by atoms with Crippen molar-refractivity contribution in [2.45, 2.75) is 25.8 Å². The number of carbonyl (C=O) groups is 1. The highest BCUT2D eigenvalue weighted by Crippen LogP contribution is 2.33. The maximum atomic E-state index is 12.9. The Morgan fingerprint density at radius 2 is 1.92 bits per heavy atom. The molecule has 4 rings (SSSR count). The second-order valence-electron chi connectivity index (χ2n) is 6.29. The van der Waals surface area contributed by atoms with E-state index >= 15 is 0 Å². The number of pyridine rings is 1. The first kappa shape index (κ1) is 15.5. The van der Waals surface area contributed by atoms with E-state index < -0.39 is 0 Å². The molecule has 2 aromatic heterocycles. The Labute approximate surface area is 145 Å². The van der Waals surface area contributed by atoms with Gasteiger partial charge in [-0.25, -0.2) is 15.0 Å². The van der Waals surface area contributed by atoms with Crippen LogP contribution >= 0.6 is 0 Å². The molecule has 1 amide bonds. The zero-order valence-electron chi connectivity index (χ0n) is 14.0. The molecule has 2 N–H and O–H groups in total. The van der Waals surface area contributed by atoms with Gasteiger partial charge in [-0.2, -0.15) is 0 Å². The first-order valence-corrected chi connectivity index (χ1v) is 8.40. The summed E-state index contributed by atoms with van der Waals surface area (Å²) in [6, 6.07) is 13.2. The van der Waals surface area contributed by atoms with E-state index in [4.69, 9.17) is 5.73 Å². The van der Waals surface area contributed by atoms with Crippen molar-refractivity contribution in [1.29, 1.82) is 0 Å². The molecule has 0 spiro atoms. The van der Waals surface area contributed by atoms with Gasteiger partial charge in [0.15, 0.2) is 5.65 Å². The number of amides is 1. The Morgan fingerprint density at radius 3 is 2.72 bits per heavy atom. The number of likely N-dealkylation sites (tertiary alicyclic amines) is 1. The minimum absolute atomic E-state index is 0.0337. The third-order valence-corrected chi connectivity index (χ3v) is 4.60. The van der Waals surface area contributed by atoms with Crippen LogP contribution in [0.3, 0.4) is 0 Å². The van der Waals surface area contributed by atoms with Crippen LogP contribution in [0.5, 0.6) is 0 Å². The molecule has 3 heterocycles. The molecular formula is C19H19N5O. The third kappa shape index (κ3) is 2.80. The fourth-order valence-electron chi connectivity index (χ4n) is 3.41. The van der Waals surface area contributed by atoms with Crippen LogP contribution in [0.25, 0.3) is 11.0 Å². The second-order valence-corrected chi connectivity index (χ2v) is 6.29. The van der Waals surface area contributed by atoms with Crippen molar-refractivity contribution in [3.05, 3.63) is 59.5 Å².